The van der Waals surface area contributed by atoms with Crippen LogP contribution in [-0.2, 0) is 38.8 Å². The molecular weight excluding hydrogens is 934 g/mol. The Labute approximate surface area is 379 Å². The monoisotopic (exact) mass is 961 g/mol. The molecule has 65 heavy (non-hydrogen) atoms. The van der Waals surface area contributed by atoms with E-state index in [-0.39, 0.29) is 18.6 Å². The van der Waals surface area contributed by atoms with Crippen molar-refractivity contribution in [2.45, 2.75) is 11.0 Å². The third-order valence-corrected chi connectivity index (χ3v) is 10.6. The minimum absolute atomic E-state index is 0. The van der Waals surface area contributed by atoms with Gasteiger partial charge in [0.1, 0.15) is 0 Å². The predicted octanol–water partition coefficient (Wildman–Crippen LogP) is 10.7. The SMILES string of the molecule is C1=Cc2nc1c(-c1ccccc1)c1ccc([n-]1)c(-c1ccccc1)c1nc(c(-c3ccccc3)c3ccc([n-]3)c2-c2ccccc2)C=C1.O=S(=O)([O-])C(F)(F)F.O=S(=O)([O-])C(F)(F)F.[V+4]. The van der Waals surface area contributed by atoms with Crippen LogP contribution in [0.25, 0.3) is 90.9 Å². The number of nitrogens with zero attached hydrogens (tertiary/aromatic N) is 4. The normalized spacial score (nSPS) is 12.3. The average Bonchev–Trinajstić information content (AvgIpc) is 4.10. The molecule has 5 heterocycles. The molecule has 7 aromatic rings. The maximum Gasteiger partial charge on any atom is 4.00 e. The Morgan fingerprint density at radius 3 is 0.723 bits per heavy atom. The van der Waals surface area contributed by atoms with Crippen molar-refractivity contribution in [1.29, 1.82) is 0 Å². The molecule has 0 unspecified atom stereocenters. The maximum absolute atomic E-state index is 10.7. The van der Waals surface area contributed by atoms with Gasteiger partial charge in [-0.05, 0) is 68.8 Å². The van der Waals surface area contributed by atoms with Crippen LogP contribution in [0.3, 0.4) is 0 Å². The molecule has 3 aromatic heterocycles. The number of hydrogen-bond donors (Lipinski definition) is 0. The molecular formula is C46H28F6N4O6S2V. The third kappa shape index (κ3) is 10.9. The Hall–Kier alpha value is -6.54. The quantitative estimate of drug-likeness (QED) is 0.0940. The van der Waals surface area contributed by atoms with E-state index in [9.17, 15) is 26.3 Å². The smallest absolute Gasteiger partial charge is 0.741 e. The summed E-state index contributed by atoms with van der Waals surface area (Å²) in [4.78, 5) is 21.2. The molecule has 0 saturated heterocycles. The standard InChI is InChI=1S/C44H28N4.2CHF3O3S.V/c1-5-13-29(14-6-1)41-33-21-23-35(45-33)42(30-15-7-2-8-16-30)37-25-27-39(47-37)44(32-19-11-4-12-20-32)40-28-26-38(48-40)43(31-17-9-3-10-18-31)36-24-22-34(41)46-36;2*2-1(3,4)8(5,6)7;/h1-28H;2*(H,5,6,7);/q-2;;;+4/p-2. The Morgan fingerprint density at radius 1 is 0.369 bits per heavy atom. The van der Waals surface area contributed by atoms with Crippen molar-refractivity contribution in [3.63, 3.8) is 0 Å². The van der Waals surface area contributed by atoms with E-state index in [1.165, 1.54) is 0 Å². The molecule has 10 nitrogen and oxygen atoms in total. The first kappa shape index (κ1) is 47.9. The number of benzene rings is 4. The molecule has 2 aliphatic heterocycles. The molecule has 0 aliphatic carbocycles. The van der Waals surface area contributed by atoms with E-state index in [1.807, 2.05) is 24.3 Å². The van der Waals surface area contributed by atoms with Crippen LogP contribution in [0.4, 0.5) is 26.3 Å². The van der Waals surface area contributed by atoms with Gasteiger partial charge >= 0.3 is 29.6 Å². The van der Waals surface area contributed by atoms with Crippen LogP contribution in [0.5, 0.6) is 0 Å². The number of halogens is 6. The zero-order valence-corrected chi connectivity index (χ0v) is 36.0. The van der Waals surface area contributed by atoms with Crippen molar-refractivity contribution in [2.75, 3.05) is 0 Å². The first-order valence-corrected chi connectivity index (χ1v) is 21.4. The van der Waals surface area contributed by atoms with E-state index in [2.05, 4.69) is 146 Å². The summed E-state index contributed by atoms with van der Waals surface area (Å²) in [6.45, 7) is 0. The summed E-state index contributed by atoms with van der Waals surface area (Å²) in [7, 11) is -12.2. The summed E-state index contributed by atoms with van der Waals surface area (Å²) in [5.74, 6) is 0. The van der Waals surface area contributed by atoms with Crippen LogP contribution in [0.2, 0.25) is 0 Å². The molecule has 0 N–H and O–H groups in total. The minimum atomic E-state index is -6.09. The van der Waals surface area contributed by atoms with Gasteiger partial charge in [0.2, 0.25) is 0 Å². The molecule has 2 aliphatic rings. The summed E-state index contributed by atoms with van der Waals surface area (Å²) in [6.07, 6.45) is 8.41. The van der Waals surface area contributed by atoms with Gasteiger partial charge in [0.25, 0.3) is 0 Å². The van der Waals surface area contributed by atoms with Crippen LogP contribution in [-0.4, -0.2) is 46.9 Å². The molecule has 1 radical (unpaired) electrons. The summed E-state index contributed by atoms with van der Waals surface area (Å²) in [5.41, 5.74) is 3.73. The van der Waals surface area contributed by atoms with E-state index < -0.39 is 31.3 Å². The van der Waals surface area contributed by atoms with Gasteiger partial charge in [-0.1, -0.05) is 146 Å². The van der Waals surface area contributed by atoms with Gasteiger partial charge in [-0.15, -0.1) is 22.1 Å². The Balaban J connectivity index is 0.000000354. The molecule has 0 saturated carbocycles. The van der Waals surface area contributed by atoms with Crippen molar-refractivity contribution in [1.82, 2.24) is 19.9 Å². The van der Waals surface area contributed by atoms with E-state index in [0.29, 0.717) is 0 Å². The number of fused-ring (bicyclic) bond motifs is 8. The van der Waals surface area contributed by atoms with Gasteiger partial charge in [0, 0.05) is 0 Å². The molecule has 0 amide bonds. The Kier molecular flexibility index (Phi) is 14.2. The summed E-state index contributed by atoms with van der Waals surface area (Å²) in [6, 6.07) is 50.0. The van der Waals surface area contributed by atoms with Crippen LogP contribution in [0, 0.1) is 0 Å². The second-order valence-corrected chi connectivity index (χ2v) is 16.4. The first-order valence-electron chi connectivity index (χ1n) is 18.6. The summed E-state index contributed by atoms with van der Waals surface area (Å²) in [5, 5.41) is 0. The molecule has 0 spiro atoms. The largest absolute Gasteiger partial charge is 4.00 e. The topological polar surface area (TPSA) is 168 Å². The number of alkyl halides is 6. The number of rotatable bonds is 4. The first-order chi connectivity index (χ1) is 30.3. The molecule has 327 valence electrons. The van der Waals surface area contributed by atoms with E-state index >= 15 is 0 Å². The molecule has 0 fully saturated rings. The van der Waals surface area contributed by atoms with Gasteiger partial charge in [-0.25, -0.2) is 26.8 Å². The van der Waals surface area contributed by atoms with Crippen LogP contribution >= 0.6 is 0 Å². The Morgan fingerprint density at radius 2 is 0.554 bits per heavy atom. The Bertz CT molecular complexity index is 2900. The van der Waals surface area contributed by atoms with Crippen molar-refractivity contribution in [3.8, 4) is 44.5 Å². The predicted molar refractivity (Wildman–Crippen MR) is 230 cm³/mol. The van der Waals surface area contributed by atoms with Crippen LogP contribution in [0.1, 0.15) is 22.8 Å². The van der Waals surface area contributed by atoms with Crippen molar-refractivity contribution >= 4 is 66.6 Å². The number of aromatic nitrogens is 4. The van der Waals surface area contributed by atoms with Gasteiger partial charge in [-0.3, -0.25) is 0 Å². The fraction of sp³-hybridized carbons (Fsp3) is 0.0435. The van der Waals surface area contributed by atoms with E-state index in [1.54, 1.807) is 0 Å². The number of hydrogen-bond acceptors (Lipinski definition) is 8. The second-order valence-electron chi connectivity index (χ2n) is 13.6. The zero-order chi connectivity index (χ0) is 45.9. The molecule has 4 aromatic carbocycles. The van der Waals surface area contributed by atoms with Crippen molar-refractivity contribution in [3.05, 3.63) is 168 Å². The van der Waals surface area contributed by atoms with E-state index in [4.69, 9.17) is 45.9 Å². The third-order valence-electron chi connectivity index (χ3n) is 9.43. The summed E-state index contributed by atoms with van der Waals surface area (Å²) < 4.78 is 118. The van der Waals surface area contributed by atoms with Crippen molar-refractivity contribution in [2.24, 2.45) is 0 Å². The minimum Gasteiger partial charge on any atom is -0.741 e. The van der Waals surface area contributed by atoms with Gasteiger partial charge in [-0.2, -0.15) is 26.3 Å². The van der Waals surface area contributed by atoms with Crippen molar-refractivity contribution < 1.29 is 70.8 Å². The van der Waals surface area contributed by atoms with Gasteiger partial charge < -0.3 is 19.1 Å². The molecule has 0 atom stereocenters. The maximum atomic E-state index is 10.7. The molecule has 9 rings (SSSR count). The van der Waals surface area contributed by atoms with Crippen LogP contribution < -0.4 is 9.97 Å². The second kappa shape index (κ2) is 19.3. The molecule has 19 heteroatoms. The fourth-order valence-electron chi connectivity index (χ4n) is 6.69. The molecule has 8 bridgehead atoms. The summed E-state index contributed by atoms with van der Waals surface area (Å²) >= 11 is 0. The van der Waals surface area contributed by atoms with Crippen LogP contribution in [0.15, 0.2) is 146 Å². The van der Waals surface area contributed by atoms with E-state index in [0.717, 1.165) is 89.4 Å². The fourth-order valence-corrected chi connectivity index (χ4v) is 6.69. The van der Waals surface area contributed by atoms with Gasteiger partial charge in [0.15, 0.2) is 20.2 Å². The van der Waals surface area contributed by atoms with Gasteiger partial charge in [0.05, 0.1) is 22.8 Å². The zero-order valence-electron chi connectivity index (χ0n) is 32.9. The average molecular weight is 962 g/mol.